The fourth-order valence-electron chi connectivity index (χ4n) is 5.73. The number of methoxy groups -OCH3 is 1. The van der Waals surface area contributed by atoms with Gasteiger partial charge in [0.2, 0.25) is 0 Å². The lowest BCUT2D eigenvalue weighted by molar-refractivity contribution is -0.142. The first-order valence-corrected chi connectivity index (χ1v) is 11.6. The van der Waals surface area contributed by atoms with Gasteiger partial charge >= 0.3 is 0 Å². The molecule has 1 spiro atoms. The van der Waals surface area contributed by atoms with Gasteiger partial charge in [-0.2, -0.15) is 5.10 Å². The number of hydrogen-bond acceptors (Lipinski definition) is 4. The highest BCUT2D eigenvalue weighted by Gasteiger charge is 2.52. The van der Waals surface area contributed by atoms with E-state index in [1.807, 2.05) is 12.1 Å². The summed E-state index contributed by atoms with van der Waals surface area (Å²) in [6.07, 6.45) is 5.02. The van der Waals surface area contributed by atoms with Crippen LogP contribution in [0.15, 0.2) is 84.0 Å². The lowest BCUT2D eigenvalue weighted by Crippen LogP contribution is -2.55. The number of hydrazone groups is 1. The van der Waals surface area contributed by atoms with Crippen molar-refractivity contribution in [1.29, 1.82) is 0 Å². The van der Waals surface area contributed by atoms with E-state index in [9.17, 15) is 0 Å². The molecule has 162 valence electrons. The van der Waals surface area contributed by atoms with E-state index in [4.69, 9.17) is 14.6 Å². The molecule has 1 atom stereocenters. The molecule has 2 aliphatic heterocycles. The van der Waals surface area contributed by atoms with Gasteiger partial charge in [-0.3, -0.25) is 0 Å². The van der Waals surface area contributed by atoms with Crippen molar-refractivity contribution in [2.45, 2.75) is 49.8 Å². The summed E-state index contributed by atoms with van der Waals surface area (Å²) in [4.78, 5) is 0. The molecule has 3 aliphatic rings. The third-order valence-corrected chi connectivity index (χ3v) is 7.36. The van der Waals surface area contributed by atoms with Crippen molar-refractivity contribution >= 4 is 5.71 Å². The third-order valence-electron chi connectivity index (χ3n) is 7.36. The summed E-state index contributed by atoms with van der Waals surface area (Å²) in [6.45, 7) is 0. The molecular weight excluding hydrogens is 396 g/mol. The molecule has 0 saturated heterocycles. The van der Waals surface area contributed by atoms with Crippen LogP contribution in [-0.2, 0) is 0 Å². The Kier molecular flexibility index (Phi) is 4.67. The van der Waals surface area contributed by atoms with E-state index in [0.717, 1.165) is 54.9 Å². The van der Waals surface area contributed by atoms with Crippen LogP contribution in [0.2, 0.25) is 0 Å². The lowest BCUT2D eigenvalue weighted by Gasteiger charge is -2.50. The summed E-state index contributed by atoms with van der Waals surface area (Å²) < 4.78 is 12.4. The van der Waals surface area contributed by atoms with E-state index in [0.29, 0.717) is 5.92 Å². The van der Waals surface area contributed by atoms with Crippen molar-refractivity contribution in [3.8, 4) is 11.5 Å². The van der Waals surface area contributed by atoms with Crippen molar-refractivity contribution in [2.75, 3.05) is 7.11 Å². The second-order valence-electron chi connectivity index (χ2n) is 9.08. The van der Waals surface area contributed by atoms with Crippen molar-refractivity contribution < 1.29 is 9.47 Å². The predicted molar refractivity (Wildman–Crippen MR) is 126 cm³/mol. The van der Waals surface area contributed by atoms with Crippen LogP contribution < -0.4 is 9.47 Å². The molecule has 1 saturated carbocycles. The zero-order chi connectivity index (χ0) is 21.5. The Hall–Kier alpha value is -3.27. The minimum absolute atomic E-state index is 0.202. The molecule has 6 rings (SSSR count). The minimum Gasteiger partial charge on any atom is -0.496 e. The molecule has 2 heterocycles. The molecule has 1 unspecified atom stereocenters. The quantitative estimate of drug-likeness (QED) is 0.495. The maximum Gasteiger partial charge on any atom is 0.198 e. The van der Waals surface area contributed by atoms with Crippen LogP contribution in [0.25, 0.3) is 0 Å². The Morgan fingerprint density at radius 1 is 0.906 bits per heavy atom. The van der Waals surface area contributed by atoms with Gasteiger partial charge in [0.25, 0.3) is 0 Å². The maximum absolute atomic E-state index is 6.79. The Bertz CT molecular complexity index is 1150. The first-order chi connectivity index (χ1) is 15.8. The van der Waals surface area contributed by atoms with E-state index in [1.54, 1.807) is 7.11 Å². The summed E-state index contributed by atoms with van der Waals surface area (Å²) in [6, 6.07) is 27.8. The normalized spacial score (nSPS) is 26.2. The summed E-state index contributed by atoms with van der Waals surface area (Å²) in [5.74, 6) is 2.48. The van der Waals surface area contributed by atoms with Gasteiger partial charge in [-0.25, -0.2) is 5.01 Å². The van der Waals surface area contributed by atoms with Gasteiger partial charge in [0.15, 0.2) is 5.72 Å². The second-order valence-corrected chi connectivity index (χ2v) is 9.08. The van der Waals surface area contributed by atoms with E-state index in [2.05, 4.69) is 71.7 Å². The van der Waals surface area contributed by atoms with Gasteiger partial charge in [0.05, 0.1) is 18.9 Å². The molecule has 1 aliphatic carbocycles. The average Bonchev–Trinajstić information content (AvgIpc) is 3.32. The molecule has 4 heteroatoms. The van der Waals surface area contributed by atoms with Crippen molar-refractivity contribution in [3.63, 3.8) is 0 Å². The standard InChI is InChI=1S/C28H28N2O2/c1-31-26-13-7-5-11-22(26)24-19-25-23-12-6-8-14-27(23)32-28(30(25)29-24)17-15-21(16-18-28)20-9-3-2-4-10-20/h2-14,21,25H,15-19H2,1H3. The van der Waals surface area contributed by atoms with E-state index >= 15 is 0 Å². The maximum atomic E-state index is 6.79. The molecule has 3 aromatic rings. The largest absolute Gasteiger partial charge is 0.496 e. The fourth-order valence-corrected chi connectivity index (χ4v) is 5.73. The first kappa shape index (κ1) is 19.4. The zero-order valence-electron chi connectivity index (χ0n) is 18.4. The Labute approximate surface area is 189 Å². The van der Waals surface area contributed by atoms with Crippen molar-refractivity contribution in [3.05, 3.63) is 95.6 Å². The predicted octanol–water partition coefficient (Wildman–Crippen LogP) is 6.29. The first-order valence-electron chi connectivity index (χ1n) is 11.6. The molecule has 0 aromatic heterocycles. The van der Waals surface area contributed by atoms with Crippen LogP contribution in [0.5, 0.6) is 11.5 Å². The number of benzene rings is 3. The van der Waals surface area contributed by atoms with Gasteiger partial charge in [-0.15, -0.1) is 0 Å². The fraction of sp³-hybridized carbons (Fsp3) is 0.321. The summed E-state index contributed by atoms with van der Waals surface area (Å²) >= 11 is 0. The third kappa shape index (κ3) is 3.09. The number of fused-ring (bicyclic) bond motifs is 4. The highest BCUT2D eigenvalue weighted by Crippen LogP contribution is 2.53. The number of hydrogen-bond donors (Lipinski definition) is 0. The van der Waals surface area contributed by atoms with Gasteiger partial charge in [-0.1, -0.05) is 60.7 Å². The number of para-hydroxylation sites is 2. The Morgan fingerprint density at radius 3 is 2.44 bits per heavy atom. The van der Waals surface area contributed by atoms with Gasteiger partial charge in [-0.05, 0) is 42.5 Å². The molecule has 0 radical (unpaired) electrons. The van der Waals surface area contributed by atoms with Crippen LogP contribution >= 0.6 is 0 Å². The molecule has 32 heavy (non-hydrogen) atoms. The minimum atomic E-state index is -0.381. The summed E-state index contributed by atoms with van der Waals surface area (Å²) in [5.41, 5.74) is 4.45. The van der Waals surface area contributed by atoms with Crippen LogP contribution in [-0.4, -0.2) is 23.6 Å². The van der Waals surface area contributed by atoms with Crippen molar-refractivity contribution in [1.82, 2.24) is 5.01 Å². The number of rotatable bonds is 3. The molecule has 4 nitrogen and oxygen atoms in total. The Balaban J connectivity index is 1.37. The molecular formula is C28H28N2O2. The van der Waals surface area contributed by atoms with E-state index in [-0.39, 0.29) is 11.8 Å². The second kappa shape index (κ2) is 7.70. The SMILES string of the molecule is COc1ccccc1C1=NN2C(C1)c1ccccc1OC21CCC(c2ccccc2)CC1. The molecule has 0 N–H and O–H groups in total. The lowest BCUT2D eigenvalue weighted by atomic mass is 9.78. The zero-order valence-corrected chi connectivity index (χ0v) is 18.4. The van der Waals surface area contributed by atoms with Gasteiger partial charge in [0, 0.05) is 30.4 Å². The van der Waals surface area contributed by atoms with Crippen LogP contribution in [0.4, 0.5) is 0 Å². The average molecular weight is 425 g/mol. The van der Waals surface area contributed by atoms with Crippen LogP contribution in [0.3, 0.4) is 0 Å². The molecule has 0 amide bonds. The van der Waals surface area contributed by atoms with Gasteiger partial charge < -0.3 is 9.47 Å². The highest BCUT2D eigenvalue weighted by atomic mass is 16.5. The molecule has 0 bridgehead atoms. The van der Waals surface area contributed by atoms with Crippen LogP contribution in [0, 0.1) is 0 Å². The number of ether oxygens (including phenoxy) is 2. The number of nitrogens with zero attached hydrogens (tertiary/aromatic N) is 2. The monoisotopic (exact) mass is 424 g/mol. The van der Waals surface area contributed by atoms with Gasteiger partial charge in [0.1, 0.15) is 11.5 Å². The summed E-state index contributed by atoms with van der Waals surface area (Å²) in [5, 5.41) is 7.50. The van der Waals surface area contributed by atoms with E-state index in [1.165, 1.54) is 11.1 Å². The topological polar surface area (TPSA) is 34.1 Å². The smallest absolute Gasteiger partial charge is 0.198 e. The van der Waals surface area contributed by atoms with E-state index < -0.39 is 0 Å². The summed E-state index contributed by atoms with van der Waals surface area (Å²) in [7, 11) is 1.73. The van der Waals surface area contributed by atoms with Crippen LogP contribution in [0.1, 0.15) is 60.8 Å². The molecule has 1 fully saturated rings. The van der Waals surface area contributed by atoms with Crippen molar-refractivity contribution in [2.24, 2.45) is 5.10 Å². The molecule has 3 aromatic carbocycles. The Morgan fingerprint density at radius 2 is 1.62 bits per heavy atom. The highest BCUT2D eigenvalue weighted by molar-refractivity contribution is 6.04.